The molecule has 0 bridgehead atoms. The van der Waals surface area contributed by atoms with Gasteiger partial charge in [0, 0.05) is 0 Å². The van der Waals surface area contributed by atoms with Crippen LogP contribution in [0.5, 0.6) is 0 Å². The van der Waals surface area contributed by atoms with Crippen LogP contribution < -0.4 is 10.6 Å². The number of amides is 3. The maximum absolute atomic E-state index is 12.6. The van der Waals surface area contributed by atoms with Gasteiger partial charge in [-0.25, -0.2) is 13.2 Å². The summed E-state index contributed by atoms with van der Waals surface area (Å²) >= 11 is 0. The molecule has 1 fully saturated rings. The molecule has 2 aromatic rings. The molecule has 1 saturated heterocycles. The first-order chi connectivity index (χ1) is 11.3. The van der Waals surface area contributed by atoms with Gasteiger partial charge in [0.15, 0.2) is 9.84 Å². The second-order valence-electron chi connectivity index (χ2n) is 5.89. The maximum Gasteiger partial charge on any atom is 0.322 e. The minimum absolute atomic E-state index is 0.109. The first-order valence-corrected chi connectivity index (χ1v) is 8.97. The van der Waals surface area contributed by atoms with Crippen LogP contribution in [0.3, 0.4) is 0 Å². The van der Waals surface area contributed by atoms with Gasteiger partial charge >= 0.3 is 6.03 Å². The van der Waals surface area contributed by atoms with Crippen molar-refractivity contribution in [3.05, 3.63) is 54.6 Å². The van der Waals surface area contributed by atoms with Crippen LogP contribution in [0, 0.1) is 0 Å². The van der Waals surface area contributed by atoms with E-state index in [1.807, 2.05) is 30.3 Å². The van der Waals surface area contributed by atoms with E-state index in [0.717, 1.165) is 11.1 Å². The molecular weight excluding hydrogens is 328 g/mol. The Hall–Kier alpha value is -2.67. The Labute approximate surface area is 139 Å². The van der Waals surface area contributed by atoms with Crippen molar-refractivity contribution in [2.75, 3.05) is 5.75 Å². The highest BCUT2D eigenvalue weighted by atomic mass is 32.2. The number of carbonyl (C=O) groups excluding carboxylic acids is 2. The van der Waals surface area contributed by atoms with Gasteiger partial charge in [-0.05, 0) is 30.2 Å². The predicted molar refractivity (Wildman–Crippen MR) is 89.0 cm³/mol. The summed E-state index contributed by atoms with van der Waals surface area (Å²) in [6, 6.07) is 15.4. The fraction of sp³-hybridized carbons (Fsp3) is 0.176. The quantitative estimate of drug-likeness (QED) is 0.826. The van der Waals surface area contributed by atoms with Crippen LogP contribution in [0.25, 0.3) is 11.1 Å². The first-order valence-electron chi connectivity index (χ1n) is 7.32. The summed E-state index contributed by atoms with van der Waals surface area (Å²) < 4.78 is 25.1. The molecule has 1 aliphatic rings. The smallest absolute Gasteiger partial charge is 0.322 e. The fourth-order valence-corrected chi connectivity index (χ4v) is 4.31. The SMILES string of the molecule is CC1(CS(=O)(=O)c2ccc(-c3ccccc3)cc2)NC(=O)NC1=O. The van der Waals surface area contributed by atoms with Crippen molar-refractivity contribution in [3.8, 4) is 11.1 Å². The van der Waals surface area contributed by atoms with Gasteiger partial charge in [-0.1, -0.05) is 42.5 Å². The van der Waals surface area contributed by atoms with Crippen molar-refractivity contribution in [1.82, 2.24) is 10.6 Å². The van der Waals surface area contributed by atoms with Crippen molar-refractivity contribution in [2.45, 2.75) is 17.4 Å². The number of hydrogen-bond donors (Lipinski definition) is 2. The van der Waals surface area contributed by atoms with Crippen molar-refractivity contribution < 1.29 is 18.0 Å². The third-order valence-electron chi connectivity index (χ3n) is 3.92. The molecule has 24 heavy (non-hydrogen) atoms. The van der Waals surface area contributed by atoms with Gasteiger partial charge < -0.3 is 5.32 Å². The van der Waals surface area contributed by atoms with Crippen molar-refractivity contribution >= 4 is 21.8 Å². The molecule has 0 radical (unpaired) electrons. The highest BCUT2D eigenvalue weighted by Gasteiger charge is 2.45. The lowest BCUT2D eigenvalue weighted by Crippen LogP contribution is -2.49. The van der Waals surface area contributed by atoms with E-state index in [9.17, 15) is 18.0 Å². The van der Waals surface area contributed by atoms with Crippen LogP contribution in [-0.4, -0.2) is 31.6 Å². The Morgan fingerprint density at radius 2 is 1.50 bits per heavy atom. The zero-order chi connectivity index (χ0) is 17.4. The van der Waals surface area contributed by atoms with Crippen LogP contribution in [0.1, 0.15) is 6.92 Å². The molecule has 0 spiro atoms. The number of imide groups is 1. The molecule has 0 saturated carbocycles. The third kappa shape index (κ3) is 3.03. The minimum atomic E-state index is -3.73. The number of urea groups is 1. The summed E-state index contributed by atoms with van der Waals surface area (Å²) in [7, 11) is -3.73. The summed E-state index contributed by atoms with van der Waals surface area (Å²) in [6.07, 6.45) is 0. The van der Waals surface area contributed by atoms with E-state index in [1.54, 1.807) is 12.1 Å². The summed E-state index contributed by atoms with van der Waals surface area (Å²) in [6.45, 7) is 1.39. The number of hydrogen-bond acceptors (Lipinski definition) is 4. The molecule has 1 heterocycles. The molecule has 2 N–H and O–H groups in total. The molecule has 0 aromatic heterocycles. The number of nitrogens with one attached hydrogen (secondary N) is 2. The summed E-state index contributed by atoms with van der Waals surface area (Å²) in [5.41, 5.74) is 0.414. The predicted octanol–water partition coefficient (Wildman–Crippen LogP) is 1.73. The van der Waals surface area contributed by atoms with Gasteiger partial charge in [-0.2, -0.15) is 0 Å². The van der Waals surface area contributed by atoms with Gasteiger partial charge in [-0.15, -0.1) is 0 Å². The highest BCUT2D eigenvalue weighted by Crippen LogP contribution is 2.23. The molecular formula is C17H16N2O4S. The van der Waals surface area contributed by atoms with Gasteiger partial charge in [0.2, 0.25) is 0 Å². The fourth-order valence-electron chi connectivity index (χ4n) is 2.63. The molecule has 124 valence electrons. The first kappa shape index (κ1) is 16.2. The molecule has 3 rings (SSSR count). The summed E-state index contributed by atoms with van der Waals surface area (Å²) in [4.78, 5) is 23.2. The lowest BCUT2D eigenvalue weighted by atomic mass is 10.1. The monoisotopic (exact) mass is 344 g/mol. The average molecular weight is 344 g/mol. The normalized spacial score (nSPS) is 20.5. The van der Waals surface area contributed by atoms with Crippen LogP contribution in [0.15, 0.2) is 59.5 Å². The molecule has 7 heteroatoms. The Balaban J connectivity index is 1.86. The van der Waals surface area contributed by atoms with E-state index in [-0.39, 0.29) is 4.90 Å². The Morgan fingerprint density at radius 3 is 2.04 bits per heavy atom. The van der Waals surface area contributed by atoms with E-state index in [0.29, 0.717) is 0 Å². The lowest BCUT2D eigenvalue weighted by molar-refractivity contribution is -0.122. The molecule has 6 nitrogen and oxygen atoms in total. The minimum Gasteiger partial charge on any atom is -0.322 e. The highest BCUT2D eigenvalue weighted by molar-refractivity contribution is 7.91. The van der Waals surface area contributed by atoms with Crippen LogP contribution in [-0.2, 0) is 14.6 Å². The number of rotatable bonds is 4. The standard InChI is InChI=1S/C17H16N2O4S/c1-17(15(20)18-16(21)19-17)11-24(22,23)14-9-7-13(8-10-14)12-5-3-2-4-6-12/h2-10H,11H2,1H3,(H2,18,19,20,21). The largest absolute Gasteiger partial charge is 0.322 e. The molecule has 1 aliphatic heterocycles. The Kier molecular flexibility index (Phi) is 3.88. The molecule has 1 unspecified atom stereocenters. The van der Waals surface area contributed by atoms with Gasteiger partial charge in [0.05, 0.1) is 10.6 Å². The van der Waals surface area contributed by atoms with Crippen molar-refractivity contribution in [2.24, 2.45) is 0 Å². The van der Waals surface area contributed by atoms with Gasteiger partial charge in [0.25, 0.3) is 5.91 Å². The van der Waals surface area contributed by atoms with Crippen molar-refractivity contribution in [3.63, 3.8) is 0 Å². The summed E-state index contributed by atoms with van der Waals surface area (Å²) in [5, 5.41) is 4.42. The zero-order valence-electron chi connectivity index (χ0n) is 12.9. The van der Waals surface area contributed by atoms with Gasteiger partial charge in [-0.3, -0.25) is 10.1 Å². The average Bonchev–Trinajstić information content (AvgIpc) is 2.79. The Morgan fingerprint density at radius 1 is 0.917 bits per heavy atom. The maximum atomic E-state index is 12.6. The molecule has 2 aromatic carbocycles. The van der Waals surface area contributed by atoms with E-state index in [4.69, 9.17) is 0 Å². The van der Waals surface area contributed by atoms with E-state index in [1.165, 1.54) is 19.1 Å². The summed E-state index contributed by atoms with van der Waals surface area (Å²) in [5.74, 6) is -1.14. The van der Waals surface area contributed by atoms with E-state index >= 15 is 0 Å². The number of carbonyl (C=O) groups is 2. The second-order valence-corrected chi connectivity index (χ2v) is 7.88. The molecule has 1 atom stereocenters. The lowest BCUT2D eigenvalue weighted by Gasteiger charge is -2.20. The third-order valence-corrected chi connectivity index (χ3v) is 5.86. The molecule has 3 amide bonds. The number of benzene rings is 2. The zero-order valence-corrected chi connectivity index (χ0v) is 13.8. The Bertz CT molecular complexity index is 892. The van der Waals surface area contributed by atoms with E-state index < -0.39 is 33.1 Å². The number of sulfone groups is 1. The van der Waals surface area contributed by atoms with Crippen LogP contribution in [0.2, 0.25) is 0 Å². The second kappa shape index (κ2) is 5.76. The topological polar surface area (TPSA) is 92.3 Å². The molecule has 0 aliphatic carbocycles. The van der Waals surface area contributed by atoms with Crippen molar-refractivity contribution in [1.29, 1.82) is 0 Å². The van der Waals surface area contributed by atoms with Crippen LogP contribution in [0.4, 0.5) is 4.79 Å². The van der Waals surface area contributed by atoms with Gasteiger partial charge in [0.1, 0.15) is 5.54 Å². The van der Waals surface area contributed by atoms with E-state index in [2.05, 4.69) is 10.6 Å². The van der Waals surface area contributed by atoms with Crippen LogP contribution >= 0.6 is 0 Å².